The SMILES string of the molecule is CC(C)c1ccc(NC(=O)CSc2nnc(Cc3ccsc3)n2C)cc1. The average Bonchev–Trinajstić information content (AvgIpc) is 3.25. The van der Waals surface area contributed by atoms with E-state index in [9.17, 15) is 4.79 Å². The predicted octanol–water partition coefficient (Wildman–Crippen LogP) is 4.32. The van der Waals surface area contributed by atoms with E-state index in [2.05, 4.69) is 46.2 Å². The predicted molar refractivity (Wildman–Crippen MR) is 108 cm³/mol. The highest BCUT2D eigenvalue weighted by atomic mass is 32.2. The van der Waals surface area contributed by atoms with Gasteiger partial charge in [-0.2, -0.15) is 11.3 Å². The lowest BCUT2D eigenvalue weighted by molar-refractivity contribution is -0.113. The number of thiophene rings is 1. The first-order valence-corrected chi connectivity index (χ1v) is 10.4. The van der Waals surface area contributed by atoms with Crippen LogP contribution in [-0.4, -0.2) is 26.4 Å². The Bertz CT molecular complexity index is 854. The number of hydrogen-bond acceptors (Lipinski definition) is 5. The van der Waals surface area contributed by atoms with Crippen molar-refractivity contribution in [3.8, 4) is 0 Å². The minimum atomic E-state index is -0.0466. The molecule has 0 atom stereocenters. The van der Waals surface area contributed by atoms with Crippen LogP contribution in [0.2, 0.25) is 0 Å². The van der Waals surface area contributed by atoms with E-state index in [4.69, 9.17) is 0 Å². The number of nitrogens with zero attached hydrogens (tertiary/aromatic N) is 3. The summed E-state index contributed by atoms with van der Waals surface area (Å²) in [6.45, 7) is 4.30. The molecule has 0 saturated carbocycles. The standard InChI is InChI=1S/C19H22N4OS2/c1-13(2)15-4-6-16(7-5-15)20-18(24)12-26-19-22-21-17(23(19)3)10-14-8-9-25-11-14/h4-9,11,13H,10,12H2,1-3H3,(H,20,24). The summed E-state index contributed by atoms with van der Waals surface area (Å²) >= 11 is 3.07. The Labute approximate surface area is 161 Å². The molecular formula is C19H22N4OS2. The van der Waals surface area contributed by atoms with E-state index < -0.39 is 0 Å². The summed E-state index contributed by atoms with van der Waals surface area (Å²) in [6, 6.07) is 10.1. The fourth-order valence-corrected chi connectivity index (χ4v) is 3.88. The van der Waals surface area contributed by atoms with E-state index in [-0.39, 0.29) is 5.91 Å². The van der Waals surface area contributed by atoms with E-state index in [1.165, 1.54) is 22.9 Å². The number of carbonyl (C=O) groups excluding carboxylic acids is 1. The van der Waals surface area contributed by atoms with Gasteiger partial charge in [0, 0.05) is 19.2 Å². The van der Waals surface area contributed by atoms with Crippen LogP contribution in [0.1, 0.15) is 36.7 Å². The van der Waals surface area contributed by atoms with Gasteiger partial charge in [0.15, 0.2) is 5.16 Å². The van der Waals surface area contributed by atoms with Crippen molar-refractivity contribution >= 4 is 34.7 Å². The molecule has 0 aliphatic carbocycles. The van der Waals surface area contributed by atoms with E-state index in [1.54, 1.807) is 11.3 Å². The summed E-state index contributed by atoms with van der Waals surface area (Å²) in [5.74, 6) is 1.64. The number of carbonyl (C=O) groups is 1. The number of thioether (sulfide) groups is 1. The summed E-state index contributed by atoms with van der Waals surface area (Å²) < 4.78 is 1.95. The van der Waals surface area contributed by atoms with Crippen LogP contribution < -0.4 is 5.32 Å². The maximum Gasteiger partial charge on any atom is 0.234 e. The zero-order chi connectivity index (χ0) is 18.5. The summed E-state index contributed by atoms with van der Waals surface area (Å²) in [5.41, 5.74) is 3.30. The maximum atomic E-state index is 12.2. The largest absolute Gasteiger partial charge is 0.325 e. The molecular weight excluding hydrogens is 364 g/mol. The molecule has 3 aromatic rings. The number of nitrogens with one attached hydrogen (secondary N) is 1. The van der Waals surface area contributed by atoms with Gasteiger partial charge in [0.25, 0.3) is 0 Å². The van der Waals surface area contributed by atoms with Crippen LogP contribution in [0.3, 0.4) is 0 Å². The zero-order valence-electron chi connectivity index (χ0n) is 15.1. The molecule has 1 N–H and O–H groups in total. The molecule has 3 rings (SSSR count). The number of rotatable bonds is 7. The highest BCUT2D eigenvalue weighted by Crippen LogP contribution is 2.20. The smallest absolute Gasteiger partial charge is 0.234 e. The first kappa shape index (κ1) is 18.7. The lowest BCUT2D eigenvalue weighted by Crippen LogP contribution is -2.14. The monoisotopic (exact) mass is 386 g/mol. The third-order valence-corrected chi connectivity index (χ3v) is 5.81. The lowest BCUT2D eigenvalue weighted by atomic mass is 10.0. The Morgan fingerprint density at radius 1 is 1.23 bits per heavy atom. The molecule has 7 heteroatoms. The summed E-state index contributed by atoms with van der Waals surface area (Å²) in [7, 11) is 1.94. The highest BCUT2D eigenvalue weighted by Gasteiger charge is 2.12. The van der Waals surface area contributed by atoms with Gasteiger partial charge < -0.3 is 9.88 Å². The molecule has 1 aromatic carbocycles. The fourth-order valence-electron chi connectivity index (χ4n) is 2.48. The molecule has 136 valence electrons. The van der Waals surface area contributed by atoms with Crippen LogP contribution in [0.5, 0.6) is 0 Å². The van der Waals surface area contributed by atoms with Crippen molar-refractivity contribution in [2.75, 3.05) is 11.1 Å². The van der Waals surface area contributed by atoms with Gasteiger partial charge in [-0.15, -0.1) is 10.2 Å². The summed E-state index contributed by atoms with van der Waals surface area (Å²) in [6.07, 6.45) is 0.752. The molecule has 0 fully saturated rings. The van der Waals surface area contributed by atoms with Crippen molar-refractivity contribution in [2.24, 2.45) is 7.05 Å². The van der Waals surface area contributed by atoms with Gasteiger partial charge in [0.2, 0.25) is 5.91 Å². The third kappa shape index (κ3) is 4.74. The van der Waals surface area contributed by atoms with E-state index >= 15 is 0 Å². The van der Waals surface area contributed by atoms with Gasteiger partial charge in [0.1, 0.15) is 5.82 Å². The van der Waals surface area contributed by atoms with E-state index in [1.807, 2.05) is 35.9 Å². The van der Waals surface area contributed by atoms with Gasteiger partial charge in [-0.1, -0.05) is 37.7 Å². The minimum absolute atomic E-state index is 0.0466. The molecule has 2 aromatic heterocycles. The molecule has 2 heterocycles. The number of hydrogen-bond donors (Lipinski definition) is 1. The quantitative estimate of drug-likeness (QED) is 0.614. The molecule has 1 amide bonds. The van der Waals surface area contributed by atoms with Crippen LogP contribution in [0.25, 0.3) is 0 Å². The Kier molecular flexibility index (Phi) is 6.11. The molecule has 26 heavy (non-hydrogen) atoms. The third-order valence-electron chi connectivity index (χ3n) is 4.06. The Morgan fingerprint density at radius 3 is 2.65 bits per heavy atom. The normalized spacial score (nSPS) is 11.1. The van der Waals surface area contributed by atoms with Crippen LogP contribution >= 0.6 is 23.1 Å². The molecule has 0 aliphatic rings. The van der Waals surface area contributed by atoms with Crippen LogP contribution in [-0.2, 0) is 18.3 Å². The van der Waals surface area contributed by atoms with E-state index in [0.717, 1.165) is 23.1 Å². The van der Waals surface area contributed by atoms with Crippen LogP contribution in [0.15, 0.2) is 46.2 Å². The number of anilines is 1. The molecule has 0 aliphatic heterocycles. The van der Waals surface area contributed by atoms with Gasteiger partial charge in [-0.05, 0) is 46.0 Å². The fraction of sp³-hybridized carbons (Fsp3) is 0.316. The second kappa shape index (κ2) is 8.51. The van der Waals surface area contributed by atoms with Gasteiger partial charge in [-0.25, -0.2) is 0 Å². The second-order valence-electron chi connectivity index (χ2n) is 6.38. The number of amides is 1. The Hall–Kier alpha value is -2.12. The maximum absolute atomic E-state index is 12.2. The molecule has 0 unspecified atom stereocenters. The molecule has 0 bridgehead atoms. The highest BCUT2D eigenvalue weighted by molar-refractivity contribution is 7.99. The zero-order valence-corrected chi connectivity index (χ0v) is 16.7. The number of aromatic nitrogens is 3. The molecule has 0 radical (unpaired) electrons. The Balaban J connectivity index is 1.53. The van der Waals surface area contributed by atoms with Crippen molar-refractivity contribution in [3.63, 3.8) is 0 Å². The number of benzene rings is 1. The topological polar surface area (TPSA) is 59.8 Å². The molecule has 0 saturated heterocycles. The Morgan fingerprint density at radius 2 is 2.00 bits per heavy atom. The van der Waals surface area contributed by atoms with Crippen molar-refractivity contribution in [1.82, 2.24) is 14.8 Å². The van der Waals surface area contributed by atoms with Crippen molar-refractivity contribution in [2.45, 2.75) is 31.3 Å². The lowest BCUT2D eigenvalue weighted by Gasteiger charge is -2.08. The first-order valence-electron chi connectivity index (χ1n) is 8.45. The van der Waals surface area contributed by atoms with Crippen molar-refractivity contribution in [3.05, 3.63) is 58.0 Å². The van der Waals surface area contributed by atoms with Crippen LogP contribution in [0, 0.1) is 0 Å². The first-order chi connectivity index (χ1) is 12.5. The van der Waals surface area contributed by atoms with Crippen molar-refractivity contribution < 1.29 is 4.79 Å². The molecule has 5 nitrogen and oxygen atoms in total. The average molecular weight is 387 g/mol. The summed E-state index contributed by atoms with van der Waals surface area (Å²) in [5, 5.41) is 16.3. The van der Waals surface area contributed by atoms with Crippen molar-refractivity contribution in [1.29, 1.82) is 0 Å². The van der Waals surface area contributed by atoms with Gasteiger partial charge in [0.05, 0.1) is 5.75 Å². The minimum Gasteiger partial charge on any atom is -0.325 e. The second-order valence-corrected chi connectivity index (χ2v) is 8.10. The van der Waals surface area contributed by atoms with E-state index in [0.29, 0.717) is 11.7 Å². The van der Waals surface area contributed by atoms with Gasteiger partial charge >= 0.3 is 0 Å². The summed E-state index contributed by atoms with van der Waals surface area (Å²) in [4.78, 5) is 12.2. The van der Waals surface area contributed by atoms with Crippen LogP contribution in [0.4, 0.5) is 5.69 Å². The van der Waals surface area contributed by atoms with Gasteiger partial charge in [-0.3, -0.25) is 4.79 Å². The molecule has 0 spiro atoms.